The maximum Gasteiger partial charge on any atom is 0.333 e. The van der Waals surface area contributed by atoms with E-state index < -0.39 is 23.0 Å². The van der Waals surface area contributed by atoms with Gasteiger partial charge < -0.3 is 10.2 Å². The van der Waals surface area contributed by atoms with E-state index in [1.165, 1.54) is 20.8 Å². The van der Waals surface area contributed by atoms with Gasteiger partial charge in [0.2, 0.25) is 0 Å². The molecule has 0 aromatic heterocycles. The van der Waals surface area contributed by atoms with Crippen LogP contribution in [-0.4, -0.2) is 33.2 Å². The van der Waals surface area contributed by atoms with Crippen molar-refractivity contribution in [3.8, 4) is 0 Å². The van der Waals surface area contributed by atoms with E-state index in [0.717, 1.165) is 0 Å². The fourth-order valence-corrected chi connectivity index (χ4v) is 1.65. The standard InChI is InChI=1S/C12H22N2O4/c1-6-8(7-2)12(5,10(17)18)14-13-11(3,4)9(15)16/h8H,6-7H2,1-5H3,(H,15,16)(H,17,18)/b14-13+. The summed E-state index contributed by atoms with van der Waals surface area (Å²) < 4.78 is 0. The van der Waals surface area contributed by atoms with Crippen LogP contribution in [-0.2, 0) is 9.59 Å². The molecule has 0 amide bonds. The molecule has 0 aromatic rings. The number of carbonyl (C=O) groups is 2. The van der Waals surface area contributed by atoms with E-state index in [1.807, 2.05) is 13.8 Å². The Labute approximate surface area is 107 Å². The molecule has 0 aliphatic heterocycles. The van der Waals surface area contributed by atoms with Crippen LogP contribution in [0.3, 0.4) is 0 Å². The molecule has 0 aromatic carbocycles. The number of carboxylic acids is 2. The first kappa shape index (κ1) is 16.5. The molecular formula is C12H22N2O4. The Morgan fingerprint density at radius 3 is 1.72 bits per heavy atom. The zero-order chi connectivity index (χ0) is 14.6. The van der Waals surface area contributed by atoms with Gasteiger partial charge in [0.25, 0.3) is 0 Å². The highest BCUT2D eigenvalue weighted by atomic mass is 16.4. The molecule has 6 heteroatoms. The van der Waals surface area contributed by atoms with Gasteiger partial charge in [-0.25, -0.2) is 9.59 Å². The van der Waals surface area contributed by atoms with Crippen LogP contribution in [0.4, 0.5) is 0 Å². The van der Waals surface area contributed by atoms with E-state index in [-0.39, 0.29) is 5.92 Å². The summed E-state index contributed by atoms with van der Waals surface area (Å²) in [5.41, 5.74) is -2.79. The van der Waals surface area contributed by atoms with E-state index in [1.54, 1.807) is 0 Å². The molecule has 18 heavy (non-hydrogen) atoms. The Kier molecular flexibility index (Phi) is 5.45. The highest BCUT2D eigenvalue weighted by molar-refractivity contribution is 5.79. The number of hydrogen-bond acceptors (Lipinski definition) is 4. The molecule has 0 saturated carbocycles. The van der Waals surface area contributed by atoms with Crippen LogP contribution in [0, 0.1) is 5.92 Å². The number of aliphatic carboxylic acids is 2. The summed E-state index contributed by atoms with van der Waals surface area (Å²) in [5.74, 6) is -2.40. The van der Waals surface area contributed by atoms with Gasteiger partial charge in [0.05, 0.1) is 0 Å². The lowest BCUT2D eigenvalue weighted by molar-refractivity contribution is -0.146. The summed E-state index contributed by atoms with van der Waals surface area (Å²) in [7, 11) is 0. The molecule has 0 aliphatic rings. The van der Waals surface area contributed by atoms with Crippen molar-refractivity contribution in [3.05, 3.63) is 0 Å². The number of carboxylic acid groups (broad SMARTS) is 2. The van der Waals surface area contributed by atoms with Gasteiger partial charge >= 0.3 is 11.9 Å². The fraction of sp³-hybridized carbons (Fsp3) is 0.833. The summed E-state index contributed by atoms with van der Waals surface area (Å²) in [6, 6.07) is 0. The molecule has 0 fully saturated rings. The van der Waals surface area contributed by atoms with Crippen molar-refractivity contribution < 1.29 is 19.8 Å². The second-order valence-corrected chi connectivity index (χ2v) is 5.03. The molecule has 2 N–H and O–H groups in total. The van der Waals surface area contributed by atoms with Gasteiger partial charge in [-0.1, -0.05) is 26.7 Å². The summed E-state index contributed by atoms with van der Waals surface area (Å²) in [6.07, 6.45) is 1.29. The Hall–Kier alpha value is -1.46. The van der Waals surface area contributed by atoms with Gasteiger partial charge in [-0.15, -0.1) is 0 Å². The summed E-state index contributed by atoms with van der Waals surface area (Å²) in [6.45, 7) is 8.01. The molecule has 0 aliphatic carbocycles. The van der Waals surface area contributed by atoms with Crippen molar-refractivity contribution in [2.24, 2.45) is 16.1 Å². The summed E-state index contributed by atoms with van der Waals surface area (Å²) >= 11 is 0. The van der Waals surface area contributed by atoms with E-state index >= 15 is 0 Å². The molecule has 0 spiro atoms. The Balaban J connectivity index is 5.34. The largest absolute Gasteiger partial charge is 0.479 e. The van der Waals surface area contributed by atoms with Crippen LogP contribution in [0.2, 0.25) is 0 Å². The lowest BCUT2D eigenvalue weighted by Crippen LogP contribution is -2.41. The zero-order valence-electron chi connectivity index (χ0n) is 11.6. The minimum atomic E-state index is -1.41. The minimum absolute atomic E-state index is 0.177. The quantitative estimate of drug-likeness (QED) is 0.685. The SMILES string of the molecule is CCC(CC)C(C)(/N=N/C(C)(C)C(=O)O)C(=O)O. The normalized spacial score (nSPS) is 15.9. The molecule has 6 nitrogen and oxygen atoms in total. The topological polar surface area (TPSA) is 99.3 Å². The Morgan fingerprint density at radius 1 is 1.00 bits per heavy atom. The third-order valence-electron chi connectivity index (χ3n) is 3.24. The molecule has 0 rings (SSSR count). The average Bonchev–Trinajstić information content (AvgIpc) is 2.27. The molecule has 0 saturated heterocycles. The van der Waals surface area contributed by atoms with E-state index in [0.29, 0.717) is 12.8 Å². The second-order valence-electron chi connectivity index (χ2n) is 5.03. The van der Waals surface area contributed by atoms with Crippen molar-refractivity contribution in [2.45, 2.75) is 58.5 Å². The van der Waals surface area contributed by atoms with E-state index in [4.69, 9.17) is 5.11 Å². The smallest absolute Gasteiger partial charge is 0.333 e. The first-order valence-corrected chi connectivity index (χ1v) is 6.02. The Morgan fingerprint density at radius 2 is 1.44 bits per heavy atom. The lowest BCUT2D eigenvalue weighted by atomic mass is 9.82. The van der Waals surface area contributed by atoms with E-state index in [2.05, 4.69) is 10.2 Å². The number of hydrogen-bond donors (Lipinski definition) is 2. The predicted molar refractivity (Wildman–Crippen MR) is 66.7 cm³/mol. The van der Waals surface area contributed by atoms with Crippen molar-refractivity contribution in [1.29, 1.82) is 0 Å². The van der Waals surface area contributed by atoms with Gasteiger partial charge in [-0.05, 0) is 26.7 Å². The van der Waals surface area contributed by atoms with Crippen molar-refractivity contribution >= 4 is 11.9 Å². The minimum Gasteiger partial charge on any atom is -0.479 e. The van der Waals surface area contributed by atoms with Crippen LogP contribution < -0.4 is 0 Å². The van der Waals surface area contributed by atoms with Gasteiger partial charge in [-0.2, -0.15) is 10.2 Å². The maximum atomic E-state index is 11.4. The van der Waals surface area contributed by atoms with Gasteiger partial charge in [0.15, 0.2) is 11.1 Å². The van der Waals surface area contributed by atoms with Gasteiger partial charge in [0.1, 0.15) is 0 Å². The first-order valence-electron chi connectivity index (χ1n) is 6.02. The lowest BCUT2D eigenvalue weighted by Gasteiger charge is -2.28. The third kappa shape index (κ3) is 3.51. The monoisotopic (exact) mass is 258 g/mol. The van der Waals surface area contributed by atoms with Crippen molar-refractivity contribution in [3.63, 3.8) is 0 Å². The molecular weight excluding hydrogens is 236 g/mol. The molecule has 0 radical (unpaired) electrons. The average molecular weight is 258 g/mol. The predicted octanol–water partition coefficient (Wildman–Crippen LogP) is 2.58. The van der Waals surface area contributed by atoms with Crippen LogP contribution in [0.25, 0.3) is 0 Å². The second kappa shape index (κ2) is 5.93. The van der Waals surface area contributed by atoms with Crippen molar-refractivity contribution in [1.82, 2.24) is 0 Å². The molecule has 1 unspecified atom stereocenters. The molecule has 104 valence electrons. The van der Waals surface area contributed by atoms with Crippen molar-refractivity contribution in [2.75, 3.05) is 0 Å². The fourth-order valence-electron chi connectivity index (χ4n) is 1.65. The highest BCUT2D eigenvalue weighted by Crippen LogP contribution is 2.29. The van der Waals surface area contributed by atoms with Crippen LogP contribution in [0.15, 0.2) is 10.2 Å². The van der Waals surface area contributed by atoms with Crippen LogP contribution in [0.5, 0.6) is 0 Å². The highest BCUT2D eigenvalue weighted by Gasteiger charge is 2.41. The summed E-state index contributed by atoms with van der Waals surface area (Å²) in [5, 5.41) is 25.8. The molecule has 1 atom stereocenters. The number of nitrogens with zero attached hydrogens (tertiary/aromatic N) is 2. The zero-order valence-corrected chi connectivity index (χ0v) is 11.6. The molecule has 0 bridgehead atoms. The number of azo groups is 1. The van der Waals surface area contributed by atoms with Crippen LogP contribution in [0.1, 0.15) is 47.5 Å². The van der Waals surface area contributed by atoms with E-state index in [9.17, 15) is 14.7 Å². The maximum absolute atomic E-state index is 11.4. The van der Waals surface area contributed by atoms with Gasteiger partial charge in [0, 0.05) is 0 Å². The molecule has 0 heterocycles. The van der Waals surface area contributed by atoms with Gasteiger partial charge in [-0.3, -0.25) is 0 Å². The first-order chi connectivity index (χ1) is 8.11. The Bertz CT molecular complexity index is 348. The summed E-state index contributed by atoms with van der Waals surface area (Å²) in [4.78, 5) is 22.3. The number of rotatable bonds is 7. The third-order valence-corrected chi connectivity index (χ3v) is 3.24. The van der Waals surface area contributed by atoms with Crippen LogP contribution >= 0.6 is 0 Å².